The molecule has 5 rings (SSSR count). The van der Waals surface area contributed by atoms with Crippen LogP contribution >= 0.6 is 0 Å². The third-order valence-corrected chi connectivity index (χ3v) is 7.68. The summed E-state index contributed by atoms with van der Waals surface area (Å²) in [6.45, 7) is 8.91. The highest BCUT2D eigenvalue weighted by atomic mass is 19.4. The molecule has 2 heterocycles. The van der Waals surface area contributed by atoms with Crippen LogP contribution in [-0.4, -0.2) is 22.6 Å². The van der Waals surface area contributed by atoms with E-state index in [9.17, 15) is 18.0 Å². The number of oxazole rings is 1. The lowest BCUT2D eigenvalue weighted by Crippen LogP contribution is -2.35. The molecule has 0 bridgehead atoms. The van der Waals surface area contributed by atoms with E-state index in [4.69, 9.17) is 4.42 Å². The maximum Gasteiger partial charge on any atom is 0.419 e. The number of benzene rings is 2. The SMILES string of the molecule is C=C(NCc1cc(C)cc(C(F)(F)F)c1)C1(CC2CC2)CCN(Cc2ccc3oc(=O)n(C)c3c2)C1. The lowest BCUT2D eigenvalue weighted by molar-refractivity contribution is -0.137. The molecule has 1 aliphatic carbocycles. The maximum atomic E-state index is 13.3. The van der Waals surface area contributed by atoms with E-state index in [0.717, 1.165) is 49.3 Å². The second kappa shape index (κ2) is 9.14. The topological polar surface area (TPSA) is 50.4 Å². The first-order chi connectivity index (χ1) is 17.0. The van der Waals surface area contributed by atoms with Crippen molar-refractivity contribution in [3.63, 3.8) is 0 Å². The summed E-state index contributed by atoms with van der Waals surface area (Å²) in [6.07, 6.45) is 0.110. The van der Waals surface area contributed by atoms with Crippen LogP contribution in [0.5, 0.6) is 0 Å². The zero-order valence-electron chi connectivity index (χ0n) is 20.8. The van der Waals surface area contributed by atoms with E-state index >= 15 is 0 Å². The van der Waals surface area contributed by atoms with E-state index in [-0.39, 0.29) is 11.2 Å². The standard InChI is InChI=1S/C28H32F3N3O2/c1-18-10-22(12-23(11-18)28(29,30)31)15-32-19(2)27(14-20-4-5-20)8-9-34(17-27)16-21-6-7-25-24(13-21)33(3)26(35)36-25/h6-7,10-13,20,32H,2,4-5,8-9,14-17H2,1,3H3. The Kier molecular flexibility index (Phi) is 6.27. The Morgan fingerprint density at radius 2 is 1.97 bits per heavy atom. The number of fused-ring (bicyclic) bond motifs is 1. The van der Waals surface area contributed by atoms with Crippen molar-refractivity contribution >= 4 is 11.1 Å². The minimum Gasteiger partial charge on any atom is -0.408 e. The van der Waals surface area contributed by atoms with Crippen LogP contribution in [0.15, 0.2) is 57.9 Å². The Morgan fingerprint density at radius 1 is 1.19 bits per heavy atom. The molecule has 1 unspecified atom stereocenters. The third kappa shape index (κ3) is 5.09. The van der Waals surface area contributed by atoms with Gasteiger partial charge >= 0.3 is 11.9 Å². The van der Waals surface area contributed by atoms with Gasteiger partial charge in [0.1, 0.15) is 0 Å². The van der Waals surface area contributed by atoms with Crippen LogP contribution < -0.4 is 11.1 Å². The summed E-state index contributed by atoms with van der Waals surface area (Å²) < 4.78 is 46.6. The Balaban J connectivity index is 1.29. The van der Waals surface area contributed by atoms with Crippen molar-refractivity contribution in [2.24, 2.45) is 18.4 Å². The van der Waals surface area contributed by atoms with Crippen LogP contribution in [0.3, 0.4) is 0 Å². The summed E-state index contributed by atoms with van der Waals surface area (Å²) in [5.41, 5.74) is 3.87. The minimum absolute atomic E-state index is 0.107. The number of nitrogens with zero attached hydrogens (tertiary/aromatic N) is 2. The summed E-state index contributed by atoms with van der Waals surface area (Å²) in [5, 5.41) is 3.40. The van der Waals surface area contributed by atoms with Gasteiger partial charge in [0.25, 0.3) is 0 Å². The highest BCUT2D eigenvalue weighted by Gasteiger charge is 2.44. The zero-order valence-corrected chi connectivity index (χ0v) is 20.8. The minimum atomic E-state index is -4.36. The molecule has 0 amide bonds. The summed E-state index contributed by atoms with van der Waals surface area (Å²) in [4.78, 5) is 14.2. The predicted molar refractivity (Wildman–Crippen MR) is 133 cm³/mol. The molecule has 2 aromatic carbocycles. The second-order valence-corrected chi connectivity index (χ2v) is 10.7. The van der Waals surface area contributed by atoms with E-state index in [1.165, 1.54) is 29.5 Å². The molecule has 192 valence electrons. The van der Waals surface area contributed by atoms with Crippen molar-refractivity contribution in [3.8, 4) is 0 Å². The molecule has 1 aromatic heterocycles. The van der Waals surface area contributed by atoms with Crippen molar-refractivity contribution in [3.05, 3.63) is 81.5 Å². The lowest BCUT2D eigenvalue weighted by Gasteiger charge is -2.33. The monoisotopic (exact) mass is 499 g/mol. The molecule has 3 aromatic rings. The van der Waals surface area contributed by atoms with Gasteiger partial charge < -0.3 is 9.73 Å². The van der Waals surface area contributed by atoms with Gasteiger partial charge in [-0.15, -0.1) is 0 Å². The van der Waals surface area contributed by atoms with Crippen LogP contribution in [0, 0.1) is 18.3 Å². The fourth-order valence-corrected chi connectivity index (χ4v) is 5.56. The highest BCUT2D eigenvalue weighted by molar-refractivity contribution is 5.73. The van der Waals surface area contributed by atoms with E-state index in [1.807, 2.05) is 18.2 Å². The predicted octanol–water partition coefficient (Wildman–Crippen LogP) is 5.75. The smallest absolute Gasteiger partial charge is 0.408 e. The molecule has 36 heavy (non-hydrogen) atoms. The molecular weight excluding hydrogens is 467 g/mol. The largest absolute Gasteiger partial charge is 0.419 e. The molecule has 5 nitrogen and oxygen atoms in total. The first kappa shape index (κ1) is 24.7. The zero-order chi connectivity index (χ0) is 25.7. The van der Waals surface area contributed by atoms with Crippen molar-refractivity contribution in [2.75, 3.05) is 13.1 Å². The average Bonchev–Trinajstić information content (AvgIpc) is 3.47. The Hall–Kier alpha value is -3.00. The van der Waals surface area contributed by atoms with Gasteiger partial charge in [-0.2, -0.15) is 13.2 Å². The molecule has 0 radical (unpaired) electrons. The van der Waals surface area contributed by atoms with Gasteiger partial charge in [0.05, 0.1) is 11.1 Å². The number of hydrogen-bond acceptors (Lipinski definition) is 4. The summed E-state index contributed by atoms with van der Waals surface area (Å²) in [6, 6.07) is 10.0. The molecule has 0 spiro atoms. The lowest BCUT2D eigenvalue weighted by atomic mass is 9.78. The number of alkyl halides is 3. The molecule has 2 aliphatic rings. The number of aryl methyl sites for hydroxylation is 2. The van der Waals surface area contributed by atoms with Crippen LogP contribution in [0.25, 0.3) is 11.1 Å². The van der Waals surface area contributed by atoms with Crippen LogP contribution in [0.1, 0.15) is 47.9 Å². The van der Waals surface area contributed by atoms with Gasteiger partial charge in [0.15, 0.2) is 5.58 Å². The average molecular weight is 500 g/mol. The van der Waals surface area contributed by atoms with E-state index in [2.05, 4.69) is 16.8 Å². The Morgan fingerprint density at radius 3 is 2.69 bits per heavy atom. The summed E-state index contributed by atoms with van der Waals surface area (Å²) in [5.74, 6) is 0.321. The summed E-state index contributed by atoms with van der Waals surface area (Å²) in [7, 11) is 1.70. The van der Waals surface area contributed by atoms with E-state index in [0.29, 0.717) is 29.2 Å². The molecule has 8 heteroatoms. The summed E-state index contributed by atoms with van der Waals surface area (Å²) >= 11 is 0. The van der Waals surface area contributed by atoms with Gasteiger partial charge in [0.2, 0.25) is 0 Å². The quantitative estimate of drug-likeness (QED) is 0.429. The van der Waals surface area contributed by atoms with Crippen LogP contribution in [0.4, 0.5) is 13.2 Å². The third-order valence-electron chi connectivity index (χ3n) is 7.68. The number of nitrogens with one attached hydrogen (secondary N) is 1. The number of rotatable bonds is 8. The van der Waals surface area contributed by atoms with Crippen molar-refractivity contribution in [1.29, 1.82) is 0 Å². The molecule has 1 atom stereocenters. The van der Waals surface area contributed by atoms with Crippen molar-refractivity contribution < 1.29 is 17.6 Å². The number of likely N-dealkylation sites (tertiary alicyclic amines) is 1. The van der Waals surface area contributed by atoms with Crippen LogP contribution in [0.2, 0.25) is 0 Å². The molecule has 1 saturated heterocycles. The fourth-order valence-electron chi connectivity index (χ4n) is 5.56. The first-order valence-corrected chi connectivity index (χ1v) is 12.4. The highest BCUT2D eigenvalue weighted by Crippen LogP contribution is 2.48. The number of halogens is 3. The van der Waals surface area contributed by atoms with E-state index < -0.39 is 11.7 Å². The second-order valence-electron chi connectivity index (χ2n) is 10.7. The van der Waals surface area contributed by atoms with Gasteiger partial charge in [-0.3, -0.25) is 9.47 Å². The van der Waals surface area contributed by atoms with Gasteiger partial charge in [-0.1, -0.05) is 37.1 Å². The van der Waals surface area contributed by atoms with Crippen molar-refractivity contribution in [1.82, 2.24) is 14.8 Å². The maximum absolute atomic E-state index is 13.3. The van der Waals surface area contributed by atoms with Gasteiger partial charge in [-0.25, -0.2) is 4.79 Å². The number of aromatic nitrogens is 1. The molecule has 2 fully saturated rings. The Bertz CT molecular complexity index is 1350. The molecular formula is C28H32F3N3O2. The van der Waals surface area contributed by atoms with Gasteiger partial charge in [-0.05, 0) is 67.6 Å². The first-order valence-electron chi connectivity index (χ1n) is 12.4. The number of hydrogen-bond donors (Lipinski definition) is 1. The van der Waals surface area contributed by atoms with Crippen LogP contribution in [-0.2, 0) is 26.3 Å². The molecule has 1 N–H and O–H groups in total. The fraction of sp³-hybridized carbons (Fsp3) is 0.464. The normalized spacial score (nSPS) is 20.8. The van der Waals surface area contributed by atoms with Crippen molar-refractivity contribution in [2.45, 2.75) is 51.9 Å². The van der Waals surface area contributed by atoms with E-state index in [1.54, 1.807) is 20.0 Å². The Labute approximate surface area is 208 Å². The van der Waals surface area contributed by atoms with Gasteiger partial charge in [0, 0.05) is 37.8 Å². The molecule has 1 saturated carbocycles. The molecule has 1 aliphatic heterocycles.